The van der Waals surface area contributed by atoms with Crippen LogP contribution in [0.15, 0.2) is 77.9 Å². The molecule has 0 heteroatoms. The molecule has 0 N–H and O–H groups in total. The smallest absolute Gasteiger partial charge is 0.0491 e. The maximum absolute atomic E-state index is 3.79. The van der Waals surface area contributed by atoms with E-state index in [-0.39, 0.29) is 5.41 Å². The van der Waals surface area contributed by atoms with E-state index in [1.165, 1.54) is 22.3 Å². The zero-order valence-corrected chi connectivity index (χ0v) is 15.1. The topological polar surface area (TPSA) is 0 Å². The second-order valence-electron chi connectivity index (χ2n) is 7.18. The Hall–Kier alpha value is -2.08. The van der Waals surface area contributed by atoms with Gasteiger partial charge in [0.1, 0.15) is 0 Å². The van der Waals surface area contributed by atoms with Gasteiger partial charge in [0.05, 0.1) is 0 Å². The molecule has 2 radical (unpaired) electrons. The molecule has 0 aliphatic heterocycles. The van der Waals surface area contributed by atoms with E-state index in [0.717, 1.165) is 0 Å². The second kappa shape index (κ2) is 6.81. The minimum Gasteiger partial charge on any atom is -0.0751 e. The summed E-state index contributed by atoms with van der Waals surface area (Å²) in [6.07, 6.45) is 8.45. The predicted octanol–water partition coefficient (Wildman–Crippen LogP) is 6.16. The van der Waals surface area contributed by atoms with Crippen molar-refractivity contribution in [2.45, 2.75) is 33.1 Å². The molecule has 24 heavy (non-hydrogen) atoms. The van der Waals surface area contributed by atoms with Crippen LogP contribution in [0.1, 0.15) is 38.8 Å². The molecule has 0 atom stereocenters. The van der Waals surface area contributed by atoms with E-state index in [9.17, 15) is 0 Å². The number of benzene rings is 2. The highest BCUT2D eigenvalue weighted by Gasteiger charge is 2.40. The normalized spacial score (nSPS) is 16.9. The van der Waals surface area contributed by atoms with Gasteiger partial charge >= 0.3 is 0 Å². The molecule has 1 aliphatic rings. The monoisotopic (exact) mass is 314 g/mol. The molecule has 0 saturated heterocycles. The maximum Gasteiger partial charge on any atom is 0.0491 e. The molecule has 2 aromatic carbocycles. The standard InChI is InChI=1S/C24H26/c1-18(2)20-15-16-24(23(17-20)19(3)4,21-11-7-5-8-12-21)22-13-9-6-10-14-22/h5-16,18-19H,1-4H3. The molecular formula is C24H26. The van der Waals surface area contributed by atoms with Crippen LogP contribution in [0.4, 0.5) is 0 Å². The lowest BCUT2D eigenvalue weighted by atomic mass is 9.61. The van der Waals surface area contributed by atoms with E-state index in [1.54, 1.807) is 0 Å². The first-order chi connectivity index (χ1) is 11.6. The van der Waals surface area contributed by atoms with Crippen LogP contribution in [-0.2, 0) is 5.41 Å². The SMILES string of the molecule is CC(C)C1=[C]C(C(C)C)=C[CH]C1(c1ccccc1)c1ccccc1. The molecule has 0 saturated carbocycles. The molecule has 122 valence electrons. The van der Waals surface area contributed by atoms with Crippen molar-refractivity contribution in [2.24, 2.45) is 11.8 Å². The van der Waals surface area contributed by atoms with Crippen molar-refractivity contribution in [1.82, 2.24) is 0 Å². The van der Waals surface area contributed by atoms with Gasteiger partial charge in [-0.15, -0.1) is 0 Å². The summed E-state index contributed by atoms with van der Waals surface area (Å²) < 4.78 is 0. The molecular weight excluding hydrogens is 288 g/mol. The van der Waals surface area contributed by atoms with Gasteiger partial charge in [-0.1, -0.05) is 94.4 Å². The van der Waals surface area contributed by atoms with Crippen molar-refractivity contribution >= 4 is 0 Å². The van der Waals surface area contributed by atoms with Gasteiger partial charge in [-0.25, -0.2) is 0 Å². The van der Waals surface area contributed by atoms with Gasteiger partial charge in [0.15, 0.2) is 0 Å². The van der Waals surface area contributed by atoms with E-state index < -0.39 is 0 Å². The molecule has 0 nitrogen and oxygen atoms in total. The molecule has 0 amide bonds. The molecule has 0 unspecified atom stereocenters. The van der Waals surface area contributed by atoms with Crippen molar-refractivity contribution in [3.8, 4) is 0 Å². The fourth-order valence-electron chi connectivity index (χ4n) is 3.61. The van der Waals surface area contributed by atoms with Crippen LogP contribution in [0.25, 0.3) is 0 Å². The first-order valence-corrected chi connectivity index (χ1v) is 8.87. The Kier molecular flexibility index (Phi) is 4.76. The zero-order valence-electron chi connectivity index (χ0n) is 15.1. The van der Waals surface area contributed by atoms with Crippen molar-refractivity contribution < 1.29 is 0 Å². The fraction of sp³-hybridized carbons (Fsp3) is 0.292. The van der Waals surface area contributed by atoms with Gasteiger partial charge in [0.2, 0.25) is 0 Å². The second-order valence-corrected chi connectivity index (χ2v) is 7.18. The summed E-state index contributed by atoms with van der Waals surface area (Å²) in [6, 6.07) is 21.7. The lowest BCUT2D eigenvalue weighted by molar-refractivity contribution is 0.581. The summed E-state index contributed by atoms with van der Waals surface area (Å²) in [5, 5.41) is 0. The Labute approximate surface area is 146 Å². The molecule has 2 aromatic rings. The summed E-state index contributed by atoms with van der Waals surface area (Å²) >= 11 is 0. The summed E-state index contributed by atoms with van der Waals surface area (Å²) in [6.45, 7) is 9.03. The Bertz CT molecular complexity index is 691. The van der Waals surface area contributed by atoms with Crippen LogP contribution in [0.3, 0.4) is 0 Å². The lowest BCUT2D eigenvalue weighted by Gasteiger charge is -2.41. The molecule has 0 heterocycles. The van der Waals surface area contributed by atoms with Crippen molar-refractivity contribution in [3.05, 3.63) is 102 Å². The number of hydrogen-bond donors (Lipinski definition) is 0. The highest BCUT2D eigenvalue weighted by atomic mass is 14.4. The molecule has 1 aliphatic carbocycles. The fourth-order valence-corrected chi connectivity index (χ4v) is 3.61. The Morgan fingerprint density at radius 2 is 1.21 bits per heavy atom. The molecule has 0 aromatic heterocycles. The zero-order chi connectivity index (χ0) is 17.2. The highest BCUT2D eigenvalue weighted by Crippen LogP contribution is 2.47. The summed E-state index contributed by atoms with van der Waals surface area (Å²) in [5.41, 5.74) is 5.04. The lowest BCUT2D eigenvalue weighted by Crippen LogP contribution is -2.35. The largest absolute Gasteiger partial charge is 0.0751 e. The van der Waals surface area contributed by atoms with Gasteiger partial charge < -0.3 is 0 Å². The average Bonchev–Trinajstić information content (AvgIpc) is 2.62. The van der Waals surface area contributed by atoms with Crippen LogP contribution in [0, 0.1) is 24.3 Å². The third-order valence-electron chi connectivity index (χ3n) is 4.87. The van der Waals surface area contributed by atoms with Crippen LogP contribution in [0.2, 0.25) is 0 Å². The quantitative estimate of drug-likeness (QED) is 0.634. The predicted molar refractivity (Wildman–Crippen MR) is 102 cm³/mol. The third kappa shape index (κ3) is 2.86. The van der Waals surface area contributed by atoms with Gasteiger partial charge in [-0.2, -0.15) is 0 Å². The maximum atomic E-state index is 3.79. The summed E-state index contributed by atoms with van der Waals surface area (Å²) in [7, 11) is 0. The van der Waals surface area contributed by atoms with E-state index >= 15 is 0 Å². The minimum atomic E-state index is -0.227. The molecule has 0 spiro atoms. The Morgan fingerprint density at radius 1 is 0.708 bits per heavy atom. The highest BCUT2D eigenvalue weighted by molar-refractivity contribution is 5.57. The number of hydrogen-bond acceptors (Lipinski definition) is 0. The van der Waals surface area contributed by atoms with E-state index in [1.807, 2.05) is 0 Å². The third-order valence-corrected chi connectivity index (χ3v) is 4.87. The first kappa shape index (κ1) is 16.8. The van der Waals surface area contributed by atoms with Crippen LogP contribution in [0.5, 0.6) is 0 Å². The van der Waals surface area contributed by atoms with Crippen molar-refractivity contribution in [1.29, 1.82) is 0 Å². The number of rotatable bonds is 4. The van der Waals surface area contributed by atoms with E-state index in [4.69, 9.17) is 0 Å². The van der Waals surface area contributed by atoms with Gasteiger partial charge in [-0.3, -0.25) is 0 Å². The first-order valence-electron chi connectivity index (χ1n) is 8.87. The van der Waals surface area contributed by atoms with Gasteiger partial charge in [0.25, 0.3) is 0 Å². The van der Waals surface area contributed by atoms with Gasteiger partial charge in [-0.05, 0) is 40.2 Å². The Morgan fingerprint density at radius 3 is 1.62 bits per heavy atom. The summed E-state index contributed by atoms with van der Waals surface area (Å²) in [5.74, 6) is 0.906. The van der Waals surface area contributed by atoms with Crippen molar-refractivity contribution in [2.75, 3.05) is 0 Å². The van der Waals surface area contributed by atoms with E-state index in [0.29, 0.717) is 11.8 Å². The molecule has 0 bridgehead atoms. The van der Waals surface area contributed by atoms with Crippen LogP contribution in [-0.4, -0.2) is 0 Å². The van der Waals surface area contributed by atoms with Crippen LogP contribution < -0.4 is 0 Å². The number of allylic oxidation sites excluding steroid dienone is 4. The molecule has 3 rings (SSSR count). The Balaban J connectivity index is 2.25. The minimum absolute atomic E-state index is 0.227. The van der Waals surface area contributed by atoms with Crippen molar-refractivity contribution in [3.63, 3.8) is 0 Å². The summed E-state index contributed by atoms with van der Waals surface area (Å²) in [4.78, 5) is 0. The molecule has 0 fully saturated rings. The van der Waals surface area contributed by atoms with E-state index in [2.05, 4.69) is 107 Å². The van der Waals surface area contributed by atoms with Crippen LogP contribution >= 0.6 is 0 Å². The average molecular weight is 314 g/mol. The van der Waals surface area contributed by atoms with Gasteiger partial charge in [0, 0.05) is 11.8 Å².